The summed E-state index contributed by atoms with van der Waals surface area (Å²) in [5, 5.41) is 18.7. The van der Waals surface area contributed by atoms with Crippen LogP contribution in [-0.2, 0) is 0 Å². The number of phenolic OH excluding ortho intramolecular Hbond substituents is 1. The second kappa shape index (κ2) is 5.06. The van der Waals surface area contributed by atoms with Gasteiger partial charge in [-0.3, -0.25) is 4.79 Å². The number of halogens is 1. The van der Waals surface area contributed by atoms with Crippen molar-refractivity contribution in [3.63, 3.8) is 0 Å². The molecule has 2 rings (SSSR count). The molecule has 0 radical (unpaired) electrons. The van der Waals surface area contributed by atoms with E-state index < -0.39 is 0 Å². The Balaban J connectivity index is 2.22. The smallest absolute Gasteiger partial charge is 0.257 e. The van der Waals surface area contributed by atoms with E-state index in [9.17, 15) is 9.90 Å². The number of carbonyl (C=O) groups is 1. The number of carbonyl (C=O) groups excluding carboxylic acids is 1. The topological polar surface area (TPSA) is 60.8 Å². The minimum absolute atomic E-state index is 0.0343. The number of aliphatic hydroxyl groups excluding tert-OH is 1. The highest BCUT2D eigenvalue weighted by Crippen LogP contribution is 2.30. The number of amides is 1. The van der Waals surface area contributed by atoms with Gasteiger partial charge in [0, 0.05) is 17.1 Å². The van der Waals surface area contributed by atoms with Gasteiger partial charge in [-0.05, 0) is 31.0 Å². The fourth-order valence-electron chi connectivity index (χ4n) is 1.78. The van der Waals surface area contributed by atoms with Gasteiger partial charge in [0.25, 0.3) is 5.91 Å². The zero-order chi connectivity index (χ0) is 12.4. The predicted octanol–water partition coefficient (Wildman–Crippen LogP) is 1.75. The van der Waals surface area contributed by atoms with Crippen molar-refractivity contribution in [2.45, 2.75) is 18.9 Å². The predicted molar refractivity (Wildman–Crippen MR) is 67.0 cm³/mol. The van der Waals surface area contributed by atoms with Crippen molar-refractivity contribution in [1.82, 2.24) is 4.90 Å². The van der Waals surface area contributed by atoms with E-state index in [2.05, 4.69) is 15.9 Å². The molecular formula is C12H14BrNO3. The molecule has 2 N–H and O–H groups in total. The van der Waals surface area contributed by atoms with Crippen molar-refractivity contribution in [3.05, 3.63) is 28.2 Å². The fraction of sp³-hybridized carbons (Fsp3) is 0.417. The normalized spacial score (nSPS) is 14.7. The van der Waals surface area contributed by atoms with E-state index >= 15 is 0 Å². The number of aliphatic hydroxyl groups is 1. The Labute approximate surface area is 108 Å². The molecule has 5 heteroatoms. The molecule has 0 spiro atoms. The number of aromatic hydroxyl groups is 1. The van der Waals surface area contributed by atoms with Crippen molar-refractivity contribution in [1.29, 1.82) is 0 Å². The summed E-state index contributed by atoms with van der Waals surface area (Å²) in [7, 11) is 0. The van der Waals surface area contributed by atoms with Gasteiger partial charge in [0.1, 0.15) is 5.75 Å². The molecule has 1 aliphatic carbocycles. The molecule has 1 fully saturated rings. The van der Waals surface area contributed by atoms with E-state index in [1.807, 2.05) is 0 Å². The summed E-state index contributed by atoms with van der Waals surface area (Å²) in [5.41, 5.74) is 0.286. The lowest BCUT2D eigenvalue weighted by Gasteiger charge is -2.21. The zero-order valence-electron chi connectivity index (χ0n) is 9.27. The number of rotatable bonds is 4. The molecule has 1 aromatic rings. The Morgan fingerprint density at radius 3 is 2.71 bits per heavy atom. The first-order valence-electron chi connectivity index (χ1n) is 5.54. The maximum absolute atomic E-state index is 12.2. The summed E-state index contributed by atoms with van der Waals surface area (Å²) in [4.78, 5) is 13.8. The molecule has 92 valence electrons. The molecule has 0 heterocycles. The third-order valence-electron chi connectivity index (χ3n) is 2.78. The molecule has 0 atom stereocenters. The van der Waals surface area contributed by atoms with Gasteiger partial charge < -0.3 is 15.1 Å². The van der Waals surface area contributed by atoms with Crippen LogP contribution in [0.5, 0.6) is 5.75 Å². The fourth-order valence-corrected chi connectivity index (χ4v) is 2.13. The van der Waals surface area contributed by atoms with Crippen LogP contribution in [0, 0.1) is 0 Å². The second-order valence-electron chi connectivity index (χ2n) is 4.11. The number of phenols is 1. The molecule has 4 nitrogen and oxygen atoms in total. The molecule has 1 amide bonds. The van der Waals surface area contributed by atoms with E-state index in [-0.39, 0.29) is 29.9 Å². The number of nitrogens with zero attached hydrogens (tertiary/aromatic N) is 1. The van der Waals surface area contributed by atoms with E-state index in [4.69, 9.17) is 5.11 Å². The molecule has 1 saturated carbocycles. The van der Waals surface area contributed by atoms with Crippen LogP contribution in [0.15, 0.2) is 22.7 Å². The molecule has 0 bridgehead atoms. The lowest BCUT2D eigenvalue weighted by Crippen LogP contribution is -2.35. The molecular weight excluding hydrogens is 286 g/mol. The van der Waals surface area contributed by atoms with Gasteiger partial charge in [0.2, 0.25) is 0 Å². The maximum atomic E-state index is 12.2. The van der Waals surface area contributed by atoms with E-state index in [0.717, 1.165) is 17.3 Å². The third-order valence-corrected chi connectivity index (χ3v) is 3.27. The van der Waals surface area contributed by atoms with Crippen LogP contribution in [0.4, 0.5) is 0 Å². The average molecular weight is 300 g/mol. The summed E-state index contributed by atoms with van der Waals surface area (Å²) in [6.07, 6.45) is 1.95. The Hall–Kier alpha value is -1.07. The van der Waals surface area contributed by atoms with Crippen LogP contribution in [0.25, 0.3) is 0 Å². The Morgan fingerprint density at radius 1 is 1.47 bits per heavy atom. The summed E-state index contributed by atoms with van der Waals surface area (Å²) < 4.78 is 0.728. The van der Waals surface area contributed by atoms with Crippen molar-refractivity contribution >= 4 is 21.8 Å². The van der Waals surface area contributed by atoms with Crippen LogP contribution in [0.1, 0.15) is 23.2 Å². The van der Waals surface area contributed by atoms with E-state index in [1.165, 1.54) is 6.07 Å². The standard InChI is InChI=1S/C12H14BrNO3/c13-8-1-4-10(11(16)7-8)12(17)14(5-6-15)9-2-3-9/h1,4,7,9,15-16H,2-3,5-6H2. The summed E-state index contributed by atoms with van der Waals surface area (Å²) in [5.74, 6) is -0.250. The van der Waals surface area contributed by atoms with Crippen molar-refractivity contribution in [3.8, 4) is 5.75 Å². The Morgan fingerprint density at radius 2 is 2.18 bits per heavy atom. The van der Waals surface area contributed by atoms with Crippen LogP contribution >= 0.6 is 15.9 Å². The minimum Gasteiger partial charge on any atom is -0.507 e. The lowest BCUT2D eigenvalue weighted by atomic mass is 10.1. The zero-order valence-corrected chi connectivity index (χ0v) is 10.9. The largest absolute Gasteiger partial charge is 0.507 e. The SMILES string of the molecule is O=C(c1ccc(Br)cc1O)N(CCO)C1CC1. The lowest BCUT2D eigenvalue weighted by molar-refractivity contribution is 0.0704. The second-order valence-corrected chi connectivity index (χ2v) is 5.03. The quantitative estimate of drug-likeness (QED) is 0.890. The number of hydrogen-bond donors (Lipinski definition) is 2. The Bertz CT molecular complexity index is 432. The van der Waals surface area contributed by atoms with Crippen LogP contribution in [0.2, 0.25) is 0 Å². The number of hydrogen-bond acceptors (Lipinski definition) is 3. The van der Waals surface area contributed by atoms with Crippen LogP contribution in [0.3, 0.4) is 0 Å². The van der Waals surface area contributed by atoms with Crippen molar-refractivity contribution in [2.75, 3.05) is 13.2 Å². The monoisotopic (exact) mass is 299 g/mol. The molecule has 1 aliphatic rings. The highest BCUT2D eigenvalue weighted by atomic mass is 79.9. The molecule has 1 aromatic carbocycles. The minimum atomic E-state index is -0.216. The van der Waals surface area contributed by atoms with Gasteiger partial charge in [-0.2, -0.15) is 0 Å². The highest BCUT2D eigenvalue weighted by molar-refractivity contribution is 9.10. The molecule has 17 heavy (non-hydrogen) atoms. The molecule has 0 unspecified atom stereocenters. The van der Waals surface area contributed by atoms with Gasteiger partial charge in [-0.1, -0.05) is 15.9 Å². The van der Waals surface area contributed by atoms with Crippen molar-refractivity contribution in [2.24, 2.45) is 0 Å². The maximum Gasteiger partial charge on any atom is 0.257 e. The average Bonchev–Trinajstić information content (AvgIpc) is 3.09. The van der Waals surface area contributed by atoms with Gasteiger partial charge >= 0.3 is 0 Å². The van der Waals surface area contributed by atoms with E-state index in [0.29, 0.717) is 6.54 Å². The van der Waals surface area contributed by atoms with Gasteiger partial charge in [0.15, 0.2) is 0 Å². The molecule has 0 aliphatic heterocycles. The van der Waals surface area contributed by atoms with Gasteiger partial charge in [-0.25, -0.2) is 0 Å². The third kappa shape index (κ3) is 2.79. The van der Waals surface area contributed by atoms with Gasteiger partial charge in [-0.15, -0.1) is 0 Å². The first-order chi connectivity index (χ1) is 8.13. The summed E-state index contributed by atoms with van der Waals surface area (Å²) in [6.45, 7) is 0.262. The van der Waals surface area contributed by atoms with Crippen LogP contribution in [-0.4, -0.2) is 40.2 Å². The first kappa shape index (κ1) is 12.4. The van der Waals surface area contributed by atoms with Crippen molar-refractivity contribution < 1.29 is 15.0 Å². The summed E-state index contributed by atoms with van der Waals surface area (Å²) >= 11 is 3.23. The number of benzene rings is 1. The Kier molecular flexibility index (Phi) is 3.69. The molecule has 0 saturated heterocycles. The highest BCUT2D eigenvalue weighted by Gasteiger charge is 2.33. The molecule has 0 aromatic heterocycles. The summed E-state index contributed by atoms with van der Waals surface area (Å²) in [6, 6.07) is 5.03. The van der Waals surface area contributed by atoms with E-state index in [1.54, 1.807) is 17.0 Å². The first-order valence-corrected chi connectivity index (χ1v) is 6.33. The van der Waals surface area contributed by atoms with Gasteiger partial charge in [0.05, 0.1) is 12.2 Å². The van der Waals surface area contributed by atoms with Crippen LogP contribution < -0.4 is 0 Å².